The molecule has 0 saturated carbocycles. The lowest BCUT2D eigenvalue weighted by atomic mass is 10.0. The van der Waals surface area contributed by atoms with E-state index < -0.39 is 0 Å². The Morgan fingerprint density at radius 1 is 0.842 bits per heavy atom. The summed E-state index contributed by atoms with van der Waals surface area (Å²) in [5, 5.41) is 4.97. The van der Waals surface area contributed by atoms with Crippen molar-refractivity contribution in [1.82, 2.24) is 0 Å². The average Bonchev–Trinajstić information content (AvgIpc) is 2.84. The molecule has 1 aromatic heterocycles. The molecule has 0 saturated heterocycles. The summed E-state index contributed by atoms with van der Waals surface area (Å²) in [6.07, 6.45) is 1.04. The number of aryl methyl sites for hydroxylation is 1. The first-order valence-electron chi connectivity index (χ1n) is 6.69. The van der Waals surface area contributed by atoms with E-state index in [9.17, 15) is 0 Å². The quantitative estimate of drug-likeness (QED) is 0.444. The van der Waals surface area contributed by atoms with Crippen molar-refractivity contribution in [2.75, 3.05) is 0 Å². The van der Waals surface area contributed by atoms with Crippen LogP contribution in [0.15, 0.2) is 59.0 Å². The standard InChI is InChI=1S/C18H14O/c1-2-12-7-9-15-17(11-12)19-16-10-8-13-5-3-4-6-14(13)18(15)16/h3-11H,2H2,1H3. The van der Waals surface area contributed by atoms with Gasteiger partial charge in [-0.05, 0) is 34.9 Å². The molecule has 3 aromatic carbocycles. The summed E-state index contributed by atoms with van der Waals surface area (Å²) < 4.78 is 6.00. The topological polar surface area (TPSA) is 13.1 Å². The first-order chi connectivity index (χ1) is 9.36. The summed E-state index contributed by atoms with van der Waals surface area (Å²) in [7, 11) is 0. The van der Waals surface area contributed by atoms with Gasteiger partial charge in [-0.2, -0.15) is 0 Å². The first-order valence-corrected chi connectivity index (χ1v) is 6.69. The molecule has 1 heterocycles. The molecule has 0 bridgehead atoms. The van der Waals surface area contributed by atoms with E-state index in [0.717, 1.165) is 17.6 Å². The van der Waals surface area contributed by atoms with Crippen LogP contribution in [0.25, 0.3) is 32.7 Å². The monoisotopic (exact) mass is 246 g/mol. The SMILES string of the molecule is CCc1ccc2c(c1)oc1ccc3ccccc3c12. The Kier molecular flexibility index (Phi) is 2.16. The fraction of sp³-hybridized carbons (Fsp3) is 0.111. The lowest BCUT2D eigenvalue weighted by Gasteiger charge is -1.99. The molecule has 19 heavy (non-hydrogen) atoms. The molecular weight excluding hydrogens is 232 g/mol. The summed E-state index contributed by atoms with van der Waals surface area (Å²) in [6.45, 7) is 2.17. The predicted octanol–water partition coefficient (Wildman–Crippen LogP) is 5.30. The van der Waals surface area contributed by atoms with Gasteiger partial charge in [-0.25, -0.2) is 0 Å². The summed E-state index contributed by atoms with van der Waals surface area (Å²) in [4.78, 5) is 0. The van der Waals surface area contributed by atoms with Crippen LogP contribution in [-0.2, 0) is 6.42 Å². The lowest BCUT2D eigenvalue weighted by molar-refractivity contribution is 0.668. The zero-order valence-electron chi connectivity index (χ0n) is 10.8. The molecule has 4 rings (SSSR count). The minimum atomic E-state index is 0.974. The smallest absolute Gasteiger partial charge is 0.136 e. The van der Waals surface area contributed by atoms with Gasteiger partial charge in [-0.1, -0.05) is 49.4 Å². The lowest BCUT2D eigenvalue weighted by Crippen LogP contribution is -1.77. The van der Waals surface area contributed by atoms with Crippen molar-refractivity contribution in [3.63, 3.8) is 0 Å². The van der Waals surface area contributed by atoms with Gasteiger partial charge in [0.05, 0.1) is 0 Å². The van der Waals surface area contributed by atoms with Gasteiger partial charge in [0.25, 0.3) is 0 Å². The first kappa shape index (κ1) is 10.6. The van der Waals surface area contributed by atoms with E-state index in [2.05, 4.69) is 61.5 Å². The number of rotatable bonds is 1. The molecule has 0 spiro atoms. The van der Waals surface area contributed by atoms with Crippen LogP contribution in [-0.4, -0.2) is 0 Å². The predicted molar refractivity (Wildman–Crippen MR) is 80.6 cm³/mol. The highest BCUT2D eigenvalue weighted by molar-refractivity contribution is 6.18. The Morgan fingerprint density at radius 3 is 2.63 bits per heavy atom. The number of fused-ring (bicyclic) bond motifs is 5. The van der Waals surface area contributed by atoms with E-state index >= 15 is 0 Å². The Morgan fingerprint density at radius 2 is 1.74 bits per heavy atom. The normalized spacial score (nSPS) is 11.6. The minimum Gasteiger partial charge on any atom is -0.456 e. The van der Waals surface area contributed by atoms with Crippen molar-refractivity contribution in [3.05, 3.63) is 60.2 Å². The van der Waals surface area contributed by atoms with Crippen LogP contribution < -0.4 is 0 Å². The summed E-state index contributed by atoms with van der Waals surface area (Å²) in [6, 6.07) is 19.2. The molecule has 0 aliphatic rings. The molecule has 0 aliphatic heterocycles. The van der Waals surface area contributed by atoms with Crippen molar-refractivity contribution >= 4 is 32.7 Å². The average molecular weight is 246 g/mol. The summed E-state index contributed by atoms with van der Waals surface area (Å²) in [5.41, 5.74) is 3.28. The number of furan rings is 1. The van der Waals surface area contributed by atoms with E-state index in [0.29, 0.717) is 0 Å². The number of hydrogen-bond acceptors (Lipinski definition) is 1. The van der Waals surface area contributed by atoms with E-state index in [4.69, 9.17) is 4.42 Å². The van der Waals surface area contributed by atoms with Crippen LogP contribution in [0.5, 0.6) is 0 Å². The molecular formula is C18H14O. The third kappa shape index (κ3) is 1.48. The highest BCUT2D eigenvalue weighted by Gasteiger charge is 2.10. The molecule has 92 valence electrons. The van der Waals surface area contributed by atoms with Crippen molar-refractivity contribution in [3.8, 4) is 0 Å². The van der Waals surface area contributed by atoms with Gasteiger partial charge >= 0.3 is 0 Å². The fourth-order valence-corrected chi connectivity index (χ4v) is 2.81. The highest BCUT2D eigenvalue weighted by atomic mass is 16.3. The Labute approximate surface area is 111 Å². The van der Waals surface area contributed by atoms with Crippen LogP contribution in [0.3, 0.4) is 0 Å². The Bertz CT molecular complexity index is 899. The fourth-order valence-electron chi connectivity index (χ4n) is 2.81. The highest BCUT2D eigenvalue weighted by Crippen LogP contribution is 2.34. The molecule has 0 atom stereocenters. The molecule has 0 amide bonds. The van der Waals surface area contributed by atoms with Crippen LogP contribution in [0.1, 0.15) is 12.5 Å². The maximum atomic E-state index is 6.00. The van der Waals surface area contributed by atoms with Crippen molar-refractivity contribution in [2.45, 2.75) is 13.3 Å². The molecule has 1 nitrogen and oxygen atoms in total. The zero-order valence-corrected chi connectivity index (χ0v) is 10.8. The van der Waals surface area contributed by atoms with Gasteiger partial charge in [0, 0.05) is 10.8 Å². The second-order valence-electron chi connectivity index (χ2n) is 4.95. The van der Waals surface area contributed by atoms with Crippen molar-refractivity contribution in [1.29, 1.82) is 0 Å². The largest absolute Gasteiger partial charge is 0.456 e. The van der Waals surface area contributed by atoms with Gasteiger partial charge in [0.1, 0.15) is 11.2 Å². The minimum absolute atomic E-state index is 0.974. The maximum Gasteiger partial charge on any atom is 0.136 e. The van der Waals surface area contributed by atoms with E-state index in [1.807, 2.05) is 0 Å². The van der Waals surface area contributed by atoms with Gasteiger partial charge in [-0.3, -0.25) is 0 Å². The van der Waals surface area contributed by atoms with Crippen LogP contribution >= 0.6 is 0 Å². The zero-order chi connectivity index (χ0) is 12.8. The van der Waals surface area contributed by atoms with Crippen molar-refractivity contribution in [2.24, 2.45) is 0 Å². The van der Waals surface area contributed by atoms with E-state index in [-0.39, 0.29) is 0 Å². The van der Waals surface area contributed by atoms with Crippen LogP contribution in [0.4, 0.5) is 0 Å². The van der Waals surface area contributed by atoms with E-state index in [1.165, 1.54) is 27.1 Å². The summed E-state index contributed by atoms with van der Waals surface area (Å²) in [5.74, 6) is 0. The van der Waals surface area contributed by atoms with Gasteiger partial charge in [0.2, 0.25) is 0 Å². The van der Waals surface area contributed by atoms with Gasteiger partial charge in [-0.15, -0.1) is 0 Å². The number of benzene rings is 3. The summed E-state index contributed by atoms with van der Waals surface area (Å²) >= 11 is 0. The Hall–Kier alpha value is -2.28. The molecule has 0 radical (unpaired) electrons. The van der Waals surface area contributed by atoms with Gasteiger partial charge < -0.3 is 4.42 Å². The van der Waals surface area contributed by atoms with E-state index in [1.54, 1.807) is 0 Å². The van der Waals surface area contributed by atoms with Crippen LogP contribution in [0, 0.1) is 0 Å². The van der Waals surface area contributed by atoms with Crippen molar-refractivity contribution < 1.29 is 4.42 Å². The third-order valence-electron chi connectivity index (χ3n) is 3.83. The number of hydrogen-bond donors (Lipinski definition) is 0. The van der Waals surface area contributed by atoms with Gasteiger partial charge in [0.15, 0.2) is 0 Å². The maximum absolute atomic E-state index is 6.00. The molecule has 0 aliphatic carbocycles. The Balaban J connectivity index is 2.23. The molecule has 0 N–H and O–H groups in total. The molecule has 0 fully saturated rings. The molecule has 0 unspecified atom stereocenters. The molecule has 4 aromatic rings. The second-order valence-corrected chi connectivity index (χ2v) is 4.95. The van der Waals surface area contributed by atoms with Crippen LogP contribution in [0.2, 0.25) is 0 Å². The molecule has 1 heteroatoms. The second kappa shape index (κ2) is 3.86. The third-order valence-corrected chi connectivity index (χ3v) is 3.83.